The molecule has 0 saturated carbocycles. The fourth-order valence-corrected chi connectivity index (χ4v) is 3.40. The van der Waals surface area contributed by atoms with Gasteiger partial charge in [-0.05, 0) is 47.0 Å². The molecule has 0 aliphatic carbocycles. The van der Waals surface area contributed by atoms with Gasteiger partial charge in [-0.2, -0.15) is 5.10 Å². The van der Waals surface area contributed by atoms with Crippen LogP contribution in [0.1, 0.15) is 44.5 Å². The van der Waals surface area contributed by atoms with Crippen LogP contribution in [0.25, 0.3) is 0 Å². The topological polar surface area (TPSA) is 108 Å². The van der Waals surface area contributed by atoms with Crippen molar-refractivity contribution in [1.29, 1.82) is 0 Å². The van der Waals surface area contributed by atoms with Gasteiger partial charge >= 0.3 is 11.7 Å². The van der Waals surface area contributed by atoms with Crippen molar-refractivity contribution in [3.8, 4) is 0 Å². The molecule has 0 radical (unpaired) electrons. The molecule has 9 heteroatoms. The Bertz CT molecular complexity index is 674. The Morgan fingerprint density at radius 3 is 2.40 bits per heavy atom. The summed E-state index contributed by atoms with van der Waals surface area (Å²) >= 11 is 0. The molecule has 0 aromatic carbocycles. The lowest BCUT2D eigenvalue weighted by Gasteiger charge is -2.38. The highest BCUT2D eigenvalue weighted by Gasteiger charge is 2.29. The number of esters is 1. The van der Waals surface area contributed by atoms with Crippen LogP contribution in [0.4, 0.5) is 5.69 Å². The molecule has 0 spiro atoms. The summed E-state index contributed by atoms with van der Waals surface area (Å²) in [5.41, 5.74) is 0.409. The van der Waals surface area contributed by atoms with Crippen LogP contribution in [0, 0.1) is 24.0 Å². The van der Waals surface area contributed by atoms with Crippen molar-refractivity contribution in [3.05, 3.63) is 21.5 Å². The fraction of sp³-hybridized carbons (Fsp3) is 0.688. The molecule has 2 rings (SSSR count). The second kappa shape index (κ2) is 7.62. The molecule has 2 heterocycles. The first-order valence-corrected chi connectivity index (χ1v) is 8.37. The summed E-state index contributed by atoms with van der Waals surface area (Å²) in [5, 5.41) is 15.0. The molecule has 0 N–H and O–H groups in total. The first-order chi connectivity index (χ1) is 11.7. The van der Waals surface area contributed by atoms with E-state index < -0.39 is 10.9 Å². The predicted octanol–water partition coefficient (Wildman–Crippen LogP) is 1.74. The number of hydrogen-bond donors (Lipinski definition) is 0. The minimum absolute atomic E-state index is 0.111. The Balaban J connectivity index is 1.94. The van der Waals surface area contributed by atoms with E-state index in [2.05, 4.69) is 5.10 Å². The fourth-order valence-electron chi connectivity index (χ4n) is 3.40. The predicted molar refractivity (Wildman–Crippen MR) is 88.9 cm³/mol. The van der Waals surface area contributed by atoms with E-state index in [-0.39, 0.29) is 48.2 Å². The van der Waals surface area contributed by atoms with Crippen molar-refractivity contribution in [2.75, 3.05) is 6.61 Å². The van der Waals surface area contributed by atoms with Gasteiger partial charge in [-0.25, -0.2) is 0 Å². The second-order valence-corrected chi connectivity index (χ2v) is 6.52. The molecule has 1 aliphatic rings. The van der Waals surface area contributed by atoms with Crippen LogP contribution in [0.3, 0.4) is 0 Å². The van der Waals surface area contributed by atoms with E-state index in [0.29, 0.717) is 0 Å². The lowest BCUT2D eigenvalue weighted by molar-refractivity contribution is -0.386. The van der Waals surface area contributed by atoms with E-state index in [1.807, 2.05) is 13.8 Å². The normalized spacial score (nSPS) is 20.4. The summed E-state index contributed by atoms with van der Waals surface area (Å²) in [6, 6.07) is 0.266. The molecule has 1 amide bonds. The number of nitrogens with zero attached hydrogens (tertiary/aromatic N) is 4. The van der Waals surface area contributed by atoms with E-state index in [1.54, 1.807) is 4.90 Å². The van der Waals surface area contributed by atoms with E-state index >= 15 is 0 Å². The molecule has 0 unspecified atom stereocenters. The summed E-state index contributed by atoms with van der Waals surface area (Å²) in [6.45, 7) is 6.42. The van der Waals surface area contributed by atoms with Crippen LogP contribution in [0.15, 0.2) is 0 Å². The molecule has 0 bridgehead atoms. The van der Waals surface area contributed by atoms with Gasteiger partial charge in [0.1, 0.15) is 17.9 Å². The van der Waals surface area contributed by atoms with Crippen LogP contribution in [-0.2, 0) is 20.9 Å². The number of nitro groups is 1. The smallest absolute Gasteiger partial charge is 0.328 e. The maximum Gasteiger partial charge on any atom is 0.328 e. The third kappa shape index (κ3) is 4.15. The minimum Gasteiger partial charge on any atom is -0.454 e. The third-order valence-electron chi connectivity index (χ3n) is 4.64. The summed E-state index contributed by atoms with van der Waals surface area (Å²) < 4.78 is 6.29. The number of hydrogen-bond acceptors (Lipinski definition) is 6. The number of rotatable bonds is 5. The van der Waals surface area contributed by atoms with Crippen molar-refractivity contribution < 1.29 is 19.2 Å². The van der Waals surface area contributed by atoms with Gasteiger partial charge in [-0.3, -0.25) is 24.4 Å². The van der Waals surface area contributed by atoms with Crippen LogP contribution < -0.4 is 0 Å². The lowest BCUT2D eigenvalue weighted by atomic mass is 9.97. The molecular formula is C16H24N4O5. The molecule has 1 aliphatic heterocycles. The number of carbonyl (C=O) groups excluding carboxylic acids is 2. The Morgan fingerprint density at radius 2 is 1.88 bits per heavy atom. The maximum atomic E-state index is 12.3. The van der Waals surface area contributed by atoms with E-state index in [0.717, 1.165) is 19.3 Å². The quantitative estimate of drug-likeness (QED) is 0.454. The highest BCUT2D eigenvalue weighted by atomic mass is 16.6. The molecule has 138 valence electrons. The monoisotopic (exact) mass is 352 g/mol. The zero-order chi connectivity index (χ0) is 18.7. The first kappa shape index (κ1) is 18.9. The SMILES string of the molecule is Cc1nn(CC(=O)OCC(=O)N2[C@H](C)CCC[C@H]2C)c(C)c1[N+](=O)[O-]. The van der Waals surface area contributed by atoms with Gasteiger partial charge in [0.15, 0.2) is 6.61 Å². The van der Waals surface area contributed by atoms with Gasteiger partial charge in [0.2, 0.25) is 0 Å². The van der Waals surface area contributed by atoms with Crippen molar-refractivity contribution in [2.24, 2.45) is 0 Å². The van der Waals surface area contributed by atoms with E-state index in [1.165, 1.54) is 18.5 Å². The maximum absolute atomic E-state index is 12.3. The van der Waals surface area contributed by atoms with Gasteiger partial charge in [0.05, 0.1) is 4.92 Å². The van der Waals surface area contributed by atoms with Gasteiger partial charge in [0, 0.05) is 12.1 Å². The molecule has 9 nitrogen and oxygen atoms in total. The van der Waals surface area contributed by atoms with Gasteiger partial charge in [-0.1, -0.05) is 0 Å². The van der Waals surface area contributed by atoms with Gasteiger partial charge in [0.25, 0.3) is 5.91 Å². The number of ether oxygens (including phenoxy) is 1. The molecule has 2 atom stereocenters. The Morgan fingerprint density at radius 1 is 1.28 bits per heavy atom. The highest BCUT2D eigenvalue weighted by Crippen LogP contribution is 2.23. The Kier molecular flexibility index (Phi) is 5.76. The molecule has 1 aromatic rings. The largest absolute Gasteiger partial charge is 0.454 e. The van der Waals surface area contributed by atoms with Gasteiger partial charge in [-0.15, -0.1) is 0 Å². The van der Waals surface area contributed by atoms with E-state index in [4.69, 9.17) is 4.74 Å². The molecule has 1 fully saturated rings. The summed E-state index contributed by atoms with van der Waals surface area (Å²) in [5.74, 6) is -0.862. The van der Waals surface area contributed by atoms with Crippen molar-refractivity contribution in [2.45, 2.75) is 65.6 Å². The van der Waals surface area contributed by atoms with Crippen molar-refractivity contribution >= 4 is 17.6 Å². The van der Waals surface area contributed by atoms with Crippen LogP contribution in [0.5, 0.6) is 0 Å². The van der Waals surface area contributed by atoms with Crippen molar-refractivity contribution in [1.82, 2.24) is 14.7 Å². The lowest BCUT2D eigenvalue weighted by Crippen LogP contribution is -2.49. The molecule has 1 saturated heterocycles. The highest BCUT2D eigenvalue weighted by molar-refractivity contribution is 5.81. The number of aromatic nitrogens is 2. The van der Waals surface area contributed by atoms with Crippen LogP contribution in [0.2, 0.25) is 0 Å². The third-order valence-corrected chi connectivity index (χ3v) is 4.64. The summed E-state index contributed by atoms with van der Waals surface area (Å²) in [7, 11) is 0. The standard InChI is InChI=1S/C16H24N4O5/c1-10-6-5-7-11(2)19(10)14(21)9-25-15(22)8-18-13(4)16(20(23)24)12(3)17-18/h10-11H,5-9H2,1-4H3/t10-,11-/m1/s1. The minimum atomic E-state index is -0.647. The number of aryl methyl sites for hydroxylation is 1. The Hall–Kier alpha value is -2.45. The molecule has 1 aromatic heterocycles. The summed E-state index contributed by atoms with van der Waals surface area (Å²) in [4.78, 5) is 36.5. The zero-order valence-corrected chi connectivity index (χ0v) is 15.0. The molecule has 25 heavy (non-hydrogen) atoms. The average Bonchev–Trinajstić information content (AvgIpc) is 2.79. The number of carbonyl (C=O) groups is 2. The van der Waals surface area contributed by atoms with Crippen LogP contribution >= 0.6 is 0 Å². The number of likely N-dealkylation sites (tertiary alicyclic amines) is 1. The second-order valence-electron chi connectivity index (χ2n) is 6.52. The average molecular weight is 352 g/mol. The van der Waals surface area contributed by atoms with Crippen LogP contribution in [-0.4, -0.2) is 50.2 Å². The van der Waals surface area contributed by atoms with Crippen molar-refractivity contribution in [3.63, 3.8) is 0 Å². The van der Waals surface area contributed by atoms with Gasteiger partial charge < -0.3 is 9.64 Å². The zero-order valence-electron chi connectivity index (χ0n) is 15.0. The molecular weight excluding hydrogens is 328 g/mol. The first-order valence-electron chi connectivity index (χ1n) is 8.37. The Labute approximate surface area is 146 Å². The summed E-state index contributed by atoms with van der Waals surface area (Å²) in [6.07, 6.45) is 2.97. The van der Waals surface area contributed by atoms with E-state index in [9.17, 15) is 19.7 Å². The number of amides is 1. The number of piperidine rings is 1.